The van der Waals surface area contributed by atoms with E-state index in [4.69, 9.17) is 14.1 Å². The third-order valence-corrected chi connectivity index (χ3v) is 6.73. The first-order valence-corrected chi connectivity index (χ1v) is 12.2. The molecule has 0 saturated heterocycles. The molecule has 0 bridgehead atoms. The zero-order valence-electron chi connectivity index (χ0n) is 20.3. The van der Waals surface area contributed by atoms with Crippen LogP contribution >= 0.6 is 0 Å². The summed E-state index contributed by atoms with van der Waals surface area (Å²) in [5.74, 6) is 3.36. The molecule has 1 unspecified atom stereocenters. The van der Waals surface area contributed by atoms with Crippen LogP contribution < -0.4 is 21.7 Å². The third kappa shape index (κ3) is 7.09. The monoisotopic (exact) mass is 528 g/mol. The van der Waals surface area contributed by atoms with Crippen molar-refractivity contribution in [3.05, 3.63) is 78.0 Å². The van der Waals surface area contributed by atoms with Gasteiger partial charge in [-0.05, 0) is 37.0 Å². The molecule has 184 valence electrons. The topological polar surface area (TPSA) is 55.5 Å². The van der Waals surface area contributed by atoms with Gasteiger partial charge in [-0.25, -0.2) is 4.98 Å². The fourth-order valence-electron chi connectivity index (χ4n) is 5.05. The molecule has 4 rings (SSSR count). The number of benzene rings is 2. The molecule has 34 heavy (non-hydrogen) atoms. The van der Waals surface area contributed by atoms with Crippen LogP contribution in [0.4, 0.5) is 0 Å². The fourth-order valence-corrected chi connectivity index (χ4v) is 5.05. The van der Waals surface area contributed by atoms with Gasteiger partial charge in [-0.1, -0.05) is 55.7 Å². The maximum absolute atomic E-state index is 10.6. The molecular formula is C28H37BrN2O3. The summed E-state index contributed by atoms with van der Waals surface area (Å²) in [6.07, 6.45) is 8.91. The summed E-state index contributed by atoms with van der Waals surface area (Å²) in [6.45, 7) is 2.45. The van der Waals surface area contributed by atoms with Crippen molar-refractivity contribution >= 4 is 0 Å². The largest absolute Gasteiger partial charge is 1.00 e. The van der Waals surface area contributed by atoms with Gasteiger partial charge in [-0.3, -0.25) is 0 Å². The second-order valence-electron chi connectivity index (χ2n) is 9.93. The van der Waals surface area contributed by atoms with Crippen molar-refractivity contribution in [2.24, 2.45) is 5.92 Å². The lowest BCUT2D eigenvalue weighted by Gasteiger charge is -2.29. The van der Waals surface area contributed by atoms with Gasteiger partial charge >= 0.3 is 0 Å². The van der Waals surface area contributed by atoms with E-state index in [-0.39, 0.29) is 22.9 Å². The van der Waals surface area contributed by atoms with Crippen LogP contribution in [0.2, 0.25) is 0 Å². The molecule has 1 aromatic heterocycles. The van der Waals surface area contributed by atoms with Crippen molar-refractivity contribution in [2.45, 2.75) is 51.0 Å². The predicted molar refractivity (Wildman–Crippen MR) is 130 cm³/mol. The van der Waals surface area contributed by atoms with E-state index < -0.39 is 0 Å². The van der Waals surface area contributed by atoms with Crippen LogP contribution in [0.15, 0.2) is 65.2 Å². The van der Waals surface area contributed by atoms with Crippen LogP contribution in [0.3, 0.4) is 0 Å². The molecule has 0 spiro atoms. The number of nitrogens with zero attached hydrogens (tertiary/aromatic N) is 2. The van der Waals surface area contributed by atoms with E-state index in [1.807, 2.05) is 54.7 Å². The summed E-state index contributed by atoms with van der Waals surface area (Å²) >= 11 is 0. The first-order valence-electron chi connectivity index (χ1n) is 12.2. The molecule has 5 nitrogen and oxygen atoms in total. The highest BCUT2D eigenvalue weighted by Crippen LogP contribution is 2.43. The van der Waals surface area contributed by atoms with Gasteiger partial charge in [-0.15, -0.1) is 0 Å². The Bertz CT molecular complexity index is 1000. The highest BCUT2D eigenvalue weighted by Gasteiger charge is 2.32. The van der Waals surface area contributed by atoms with Crippen molar-refractivity contribution in [2.75, 3.05) is 27.2 Å². The Morgan fingerprint density at radius 3 is 2.47 bits per heavy atom. The van der Waals surface area contributed by atoms with Crippen molar-refractivity contribution in [1.29, 1.82) is 0 Å². The second kappa shape index (κ2) is 12.4. The Morgan fingerprint density at radius 2 is 1.74 bits per heavy atom. The number of phenols is 1. The molecule has 0 aliphatic heterocycles. The molecule has 0 radical (unpaired) electrons. The Kier molecular flexibility index (Phi) is 9.60. The Morgan fingerprint density at radius 1 is 1.03 bits per heavy atom. The number of hydrogen-bond donors (Lipinski definition) is 1. The molecule has 1 fully saturated rings. The highest BCUT2D eigenvalue weighted by molar-refractivity contribution is 5.38. The van der Waals surface area contributed by atoms with Gasteiger partial charge in [-0.2, -0.15) is 0 Å². The normalized spacial score (nSPS) is 15.5. The summed E-state index contributed by atoms with van der Waals surface area (Å²) in [5, 5.41) is 10.6. The van der Waals surface area contributed by atoms with Crippen LogP contribution in [-0.4, -0.2) is 41.8 Å². The summed E-state index contributed by atoms with van der Waals surface area (Å²) in [7, 11) is 4.43. The maximum Gasteiger partial charge on any atom is 0.202 e. The van der Waals surface area contributed by atoms with E-state index in [1.54, 1.807) is 6.07 Å². The number of oxazole rings is 1. The van der Waals surface area contributed by atoms with Crippen LogP contribution in [0, 0.1) is 5.92 Å². The minimum atomic E-state index is 0. The van der Waals surface area contributed by atoms with Gasteiger partial charge < -0.3 is 35.7 Å². The van der Waals surface area contributed by atoms with Crippen LogP contribution in [0.1, 0.15) is 61.7 Å². The van der Waals surface area contributed by atoms with Gasteiger partial charge in [0.25, 0.3) is 0 Å². The van der Waals surface area contributed by atoms with E-state index in [9.17, 15) is 5.11 Å². The van der Waals surface area contributed by atoms with Gasteiger partial charge in [0.1, 0.15) is 18.0 Å². The first kappa shape index (κ1) is 26.3. The lowest BCUT2D eigenvalue weighted by atomic mass is 9.76. The fraction of sp³-hybridized carbons (Fsp3) is 0.464. The van der Waals surface area contributed by atoms with Gasteiger partial charge in [0.05, 0.1) is 39.4 Å². The lowest BCUT2D eigenvalue weighted by Crippen LogP contribution is -3.00. The molecule has 2 aromatic carbocycles. The van der Waals surface area contributed by atoms with Crippen molar-refractivity contribution in [3.8, 4) is 11.5 Å². The average Bonchev–Trinajstić information content (AvgIpc) is 3.27. The lowest BCUT2D eigenvalue weighted by molar-refractivity contribution is -0.904. The van der Waals surface area contributed by atoms with Gasteiger partial charge in [0.15, 0.2) is 5.76 Å². The van der Waals surface area contributed by atoms with Crippen LogP contribution in [0.5, 0.6) is 11.5 Å². The van der Waals surface area contributed by atoms with E-state index in [1.165, 1.54) is 19.3 Å². The molecular weight excluding hydrogens is 492 g/mol. The minimum absolute atomic E-state index is 0. The maximum atomic E-state index is 10.6. The predicted octanol–water partition coefficient (Wildman–Crippen LogP) is 3.14. The number of hydrogen-bond acceptors (Lipinski definition) is 4. The Hall–Kier alpha value is -2.31. The number of para-hydroxylation sites is 2. The van der Waals surface area contributed by atoms with Crippen LogP contribution in [-0.2, 0) is 6.54 Å². The molecule has 1 N–H and O–H groups in total. The first-order chi connectivity index (χ1) is 16.0. The van der Waals surface area contributed by atoms with E-state index in [0.29, 0.717) is 18.3 Å². The number of quaternary nitrogens is 1. The Balaban J connectivity index is 0.00000324. The number of rotatable bonds is 10. The molecule has 1 aliphatic carbocycles. The SMILES string of the molecule is C[N+](C)(CCCOc1ccccc1)Cc1cnc(C(c2ccccc2O)C2CCCCC2)o1.[Br-]. The average molecular weight is 530 g/mol. The van der Waals surface area contributed by atoms with Crippen molar-refractivity contribution in [1.82, 2.24) is 4.98 Å². The van der Waals surface area contributed by atoms with Crippen molar-refractivity contribution in [3.63, 3.8) is 0 Å². The molecule has 1 saturated carbocycles. The quantitative estimate of drug-likeness (QED) is 0.324. The number of aromatic hydroxyl groups is 1. The summed E-state index contributed by atoms with van der Waals surface area (Å²) < 4.78 is 13.0. The second-order valence-corrected chi connectivity index (χ2v) is 9.93. The van der Waals surface area contributed by atoms with E-state index >= 15 is 0 Å². The van der Waals surface area contributed by atoms with E-state index in [2.05, 4.69) is 14.1 Å². The van der Waals surface area contributed by atoms with Crippen LogP contribution in [0.25, 0.3) is 0 Å². The zero-order valence-corrected chi connectivity index (χ0v) is 21.9. The Labute approximate surface area is 214 Å². The smallest absolute Gasteiger partial charge is 0.202 e. The standard InChI is InChI=1S/C28H36N2O3.BrH/c1-30(2,18-11-19-32-23-14-7-4-8-15-23)21-24-20-29-28(33-24)27(22-12-5-3-6-13-22)25-16-9-10-17-26(25)31;/h4,7-10,14-17,20,22,27H,3,5-6,11-13,18-19,21H2,1-2H3;1H. The molecule has 0 amide bonds. The summed E-state index contributed by atoms with van der Waals surface area (Å²) in [4.78, 5) is 4.72. The van der Waals surface area contributed by atoms with E-state index in [0.717, 1.165) is 59.8 Å². The summed E-state index contributed by atoms with van der Waals surface area (Å²) in [6, 6.07) is 17.6. The molecule has 6 heteroatoms. The molecule has 1 aliphatic rings. The van der Waals surface area contributed by atoms with Gasteiger partial charge in [0.2, 0.25) is 5.89 Å². The summed E-state index contributed by atoms with van der Waals surface area (Å²) in [5.41, 5.74) is 0.935. The number of phenolic OH excluding ortho intramolecular Hbond substituents is 1. The molecule has 1 atom stereocenters. The molecule has 1 heterocycles. The highest BCUT2D eigenvalue weighted by atomic mass is 79.9. The molecule has 3 aromatic rings. The number of halogens is 1. The van der Waals surface area contributed by atoms with Crippen molar-refractivity contribution < 1.29 is 35.7 Å². The minimum Gasteiger partial charge on any atom is -1.00 e. The van der Waals surface area contributed by atoms with Gasteiger partial charge in [0, 0.05) is 12.0 Å². The number of ether oxygens (including phenoxy) is 1. The zero-order chi connectivity index (χ0) is 23.1. The number of aromatic nitrogens is 1. The third-order valence-electron chi connectivity index (χ3n) is 6.73.